The number of benzene rings is 2. The topological polar surface area (TPSA) is 54.7 Å². The zero-order chi connectivity index (χ0) is 21.1. The van der Waals surface area contributed by atoms with Crippen molar-refractivity contribution in [1.29, 1.82) is 0 Å². The van der Waals surface area contributed by atoms with E-state index in [1.165, 1.54) is 0 Å². The fourth-order valence-electron chi connectivity index (χ4n) is 4.01. The molecular formula is C23H27BN2O4. The maximum absolute atomic E-state index is 6.24. The summed E-state index contributed by atoms with van der Waals surface area (Å²) in [4.78, 5) is 4.88. The van der Waals surface area contributed by atoms with Crippen LogP contribution in [-0.4, -0.2) is 34.5 Å². The molecule has 5 rings (SSSR count). The highest BCUT2D eigenvalue weighted by Gasteiger charge is 2.51. The number of rotatable bonds is 3. The molecule has 1 aromatic heterocycles. The molecule has 0 spiro atoms. The zero-order valence-corrected chi connectivity index (χ0v) is 18.1. The van der Waals surface area contributed by atoms with Crippen molar-refractivity contribution < 1.29 is 18.8 Å². The minimum atomic E-state index is -0.399. The smallest absolute Gasteiger partial charge is 0.485 e. The van der Waals surface area contributed by atoms with E-state index in [2.05, 4.69) is 45.3 Å². The van der Waals surface area contributed by atoms with Gasteiger partial charge >= 0.3 is 7.12 Å². The Morgan fingerprint density at radius 3 is 2.43 bits per heavy atom. The molecule has 30 heavy (non-hydrogen) atoms. The van der Waals surface area contributed by atoms with Crippen LogP contribution >= 0.6 is 0 Å². The van der Waals surface area contributed by atoms with E-state index in [0.717, 1.165) is 40.4 Å². The Hall–Kier alpha value is -2.51. The highest BCUT2D eigenvalue weighted by Crippen LogP contribution is 2.38. The molecule has 0 saturated carbocycles. The first kappa shape index (κ1) is 19.5. The molecule has 0 aliphatic carbocycles. The number of imidazole rings is 1. The summed E-state index contributed by atoms with van der Waals surface area (Å²) in [6.45, 7) is 11.6. The maximum Gasteiger partial charge on any atom is 0.494 e. The van der Waals surface area contributed by atoms with Crippen LogP contribution in [0.5, 0.6) is 11.5 Å². The van der Waals surface area contributed by atoms with Gasteiger partial charge in [0.05, 0.1) is 22.2 Å². The molecule has 0 amide bonds. The van der Waals surface area contributed by atoms with E-state index in [9.17, 15) is 0 Å². The van der Waals surface area contributed by atoms with Gasteiger partial charge in [-0.25, -0.2) is 4.98 Å². The summed E-state index contributed by atoms with van der Waals surface area (Å²) in [5, 5.41) is 0. The Labute approximate surface area is 177 Å². The van der Waals surface area contributed by atoms with E-state index >= 15 is 0 Å². The summed E-state index contributed by atoms with van der Waals surface area (Å²) in [5.41, 5.74) is 2.22. The third-order valence-corrected chi connectivity index (χ3v) is 6.44. The molecule has 1 saturated heterocycles. The van der Waals surface area contributed by atoms with Gasteiger partial charge < -0.3 is 23.3 Å². The number of para-hydroxylation sites is 2. The Kier molecular flexibility index (Phi) is 4.38. The quantitative estimate of drug-likeness (QED) is 0.619. The molecule has 2 aliphatic rings. The molecule has 3 heterocycles. The van der Waals surface area contributed by atoms with Crippen molar-refractivity contribution in [3.63, 3.8) is 0 Å². The van der Waals surface area contributed by atoms with Gasteiger partial charge in [-0.05, 0) is 64.3 Å². The summed E-state index contributed by atoms with van der Waals surface area (Å²) < 4.78 is 26.8. The molecule has 1 atom stereocenters. The van der Waals surface area contributed by atoms with E-state index in [1.807, 2.05) is 36.4 Å². The summed E-state index contributed by atoms with van der Waals surface area (Å²) in [7, 11) is -0.399. The van der Waals surface area contributed by atoms with Gasteiger partial charge in [0.15, 0.2) is 23.4 Å². The van der Waals surface area contributed by atoms with Gasteiger partial charge in [-0.3, -0.25) is 0 Å². The molecule has 0 bridgehead atoms. The minimum absolute atomic E-state index is 0.257. The SMILES string of the molecule is CCn1c(C2COc3ccccc3O2)nc2ccc(B3OC(C)(C)C(C)(C)O3)cc21. The molecule has 2 aliphatic heterocycles. The predicted molar refractivity (Wildman–Crippen MR) is 116 cm³/mol. The van der Waals surface area contributed by atoms with E-state index in [4.69, 9.17) is 23.8 Å². The molecule has 1 fully saturated rings. The van der Waals surface area contributed by atoms with Gasteiger partial charge in [-0.2, -0.15) is 0 Å². The number of fused-ring (bicyclic) bond motifs is 2. The highest BCUT2D eigenvalue weighted by molar-refractivity contribution is 6.62. The summed E-state index contributed by atoms with van der Waals surface area (Å²) >= 11 is 0. The van der Waals surface area contributed by atoms with Crippen molar-refractivity contribution in [2.75, 3.05) is 6.61 Å². The van der Waals surface area contributed by atoms with Crippen LogP contribution in [0.2, 0.25) is 0 Å². The zero-order valence-electron chi connectivity index (χ0n) is 18.1. The Bertz CT molecular complexity index is 1090. The van der Waals surface area contributed by atoms with Crippen molar-refractivity contribution in [3.8, 4) is 11.5 Å². The van der Waals surface area contributed by atoms with Crippen molar-refractivity contribution in [1.82, 2.24) is 9.55 Å². The largest absolute Gasteiger partial charge is 0.494 e. The third kappa shape index (κ3) is 2.99. The lowest BCUT2D eigenvalue weighted by atomic mass is 9.79. The predicted octanol–water partition coefficient (Wildman–Crippen LogP) is 3.87. The lowest BCUT2D eigenvalue weighted by Crippen LogP contribution is -2.41. The average Bonchev–Trinajstić information content (AvgIpc) is 3.20. The van der Waals surface area contributed by atoms with E-state index in [0.29, 0.717) is 6.61 Å². The first-order chi connectivity index (χ1) is 14.3. The van der Waals surface area contributed by atoms with Crippen molar-refractivity contribution in [3.05, 3.63) is 48.3 Å². The molecule has 0 N–H and O–H groups in total. The molecule has 2 aromatic carbocycles. The monoisotopic (exact) mass is 406 g/mol. The standard InChI is InChI=1S/C23H27BN2O4/c1-6-26-17-13-15(24-29-22(2,3)23(4,5)30-24)11-12-16(17)25-21(26)20-14-27-18-9-7-8-10-19(18)28-20/h7-13,20H,6,14H2,1-5H3. The minimum Gasteiger partial charge on any atom is -0.485 e. The normalized spacial score (nSPS) is 21.9. The molecule has 0 radical (unpaired) electrons. The van der Waals surface area contributed by atoms with Gasteiger partial charge in [0.1, 0.15) is 6.61 Å². The number of ether oxygens (including phenoxy) is 2. The van der Waals surface area contributed by atoms with Crippen LogP contribution in [0.3, 0.4) is 0 Å². The lowest BCUT2D eigenvalue weighted by molar-refractivity contribution is 0.00578. The third-order valence-electron chi connectivity index (χ3n) is 6.44. The fraction of sp³-hybridized carbons (Fsp3) is 0.435. The molecule has 7 heteroatoms. The van der Waals surface area contributed by atoms with Gasteiger partial charge in [0.25, 0.3) is 0 Å². The van der Waals surface area contributed by atoms with E-state index < -0.39 is 7.12 Å². The van der Waals surface area contributed by atoms with Crippen molar-refractivity contribution >= 4 is 23.6 Å². The van der Waals surface area contributed by atoms with Crippen LogP contribution in [0.1, 0.15) is 46.5 Å². The fourth-order valence-corrected chi connectivity index (χ4v) is 4.01. The lowest BCUT2D eigenvalue weighted by Gasteiger charge is -2.32. The summed E-state index contributed by atoms with van der Waals surface area (Å²) in [5.74, 6) is 2.39. The van der Waals surface area contributed by atoms with Gasteiger partial charge in [0, 0.05) is 6.54 Å². The van der Waals surface area contributed by atoms with Gasteiger partial charge in [-0.15, -0.1) is 0 Å². The number of hydrogen-bond donors (Lipinski definition) is 0. The molecule has 156 valence electrons. The van der Waals surface area contributed by atoms with Crippen LogP contribution < -0.4 is 14.9 Å². The highest BCUT2D eigenvalue weighted by atomic mass is 16.7. The Morgan fingerprint density at radius 1 is 1.03 bits per heavy atom. The second-order valence-electron chi connectivity index (χ2n) is 8.91. The number of nitrogens with zero attached hydrogens (tertiary/aromatic N) is 2. The van der Waals surface area contributed by atoms with Gasteiger partial charge in [0.2, 0.25) is 0 Å². The Morgan fingerprint density at radius 2 is 1.73 bits per heavy atom. The van der Waals surface area contributed by atoms with Crippen molar-refractivity contribution in [2.24, 2.45) is 0 Å². The van der Waals surface area contributed by atoms with Gasteiger partial charge in [-0.1, -0.05) is 18.2 Å². The van der Waals surface area contributed by atoms with Crippen molar-refractivity contribution in [2.45, 2.75) is 58.5 Å². The molecule has 3 aromatic rings. The number of hydrogen-bond acceptors (Lipinski definition) is 5. The van der Waals surface area contributed by atoms with Crippen LogP contribution in [0.25, 0.3) is 11.0 Å². The first-order valence-electron chi connectivity index (χ1n) is 10.5. The number of aromatic nitrogens is 2. The molecule has 1 unspecified atom stereocenters. The molecular weight excluding hydrogens is 379 g/mol. The summed E-state index contributed by atoms with van der Waals surface area (Å²) in [6, 6.07) is 13.9. The van der Waals surface area contributed by atoms with Crippen LogP contribution in [-0.2, 0) is 15.9 Å². The second-order valence-corrected chi connectivity index (χ2v) is 8.91. The summed E-state index contributed by atoms with van der Waals surface area (Å²) in [6.07, 6.45) is -0.257. The van der Waals surface area contributed by atoms with Crippen LogP contribution in [0, 0.1) is 0 Å². The van der Waals surface area contributed by atoms with Crippen LogP contribution in [0.15, 0.2) is 42.5 Å². The average molecular weight is 406 g/mol. The second kappa shape index (κ2) is 6.75. The Balaban J connectivity index is 1.50. The van der Waals surface area contributed by atoms with E-state index in [-0.39, 0.29) is 17.3 Å². The maximum atomic E-state index is 6.24. The molecule has 6 nitrogen and oxygen atoms in total. The first-order valence-corrected chi connectivity index (χ1v) is 10.5. The van der Waals surface area contributed by atoms with E-state index in [1.54, 1.807) is 0 Å². The number of aryl methyl sites for hydroxylation is 1. The van der Waals surface area contributed by atoms with Crippen LogP contribution in [0.4, 0.5) is 0 Å².